The zero-order chi connectivity index (χ0) is 14.2. The van der Waals surface area contributed by atoms with Crippen molar-refractivity contribution >= 4 is 5.82 Å². The summed E-state index contributed by atoms with van der Waals surface area (Å²) in [5, 5.41) is 7.13. The van der Waals surface area contributed by atoms with Crippen LogP contribution in [0.3, 0.4) is 0 Å². The number of nitrogens with two attached hydrogens (primary N) is 1. The van der Waals surface area contributed by atoms with E-state index >= 15 is 0 Å². The summed E-state index contributed by atoms with van der Waals surface area (Å²) in [5.41, 5.74) is 6.91. The van der Waals surface area contributed by atoms with Crippen molar-refractivity contribution in [2.75, 3.05) is 5.73 Å². The van der Waals surface area contributed by atoms with E-state index in [0.29, 0.717) is 5.56 Å². The Morgan fingerprint density at radius 2 is 1.79 bits per heavy atom. The molecule has 0 saturated heterocycles. The van der Waals surface area contributed by atoms with Crippen LogP contribution in [0.2, 0.25) is 0 Å². The number of rotatable bonds is 1. The van der Waals surface area contributed by atoms with Gasteiger partial charge in [0.2, 0.25) is 0 Å². The first kappa shape index (κ1) is 13.3. The fourth-order valence-corrected chi connectivity index (χ4v) is 1.86. The van der Waals surface area contributed by atoms with Crippen molar-refractivity contribution in [3.8, 4) is 11.3 Å². The Morgan fingerprint density at radius 3 is 2.37 bits per heavy atom. The average Bonchev–Trinajstić information content (AvgIpc) is 2.29. The Kier molecular flexibility index (Phi) is 3.18. The Balaban J connectivity index is 0.00000200. The molecule has 6 heteroatoms. The first-order valence-electron chi connectivity index (χ1n) is 5.57. The first-order valence-corrected chi connectivity index (χ1v) is 5.57. The van der Waals surface area contributed by atoms with Gasteiger partial charge in [-0.25, -0.2) is 0 Å². The Bertz CT molecular complexity index is 627. The van der Waals surface area contributed by atoms with Gasteiger partial charge in [0.15, 0.2) is 5.82 Å². The van der Waals surface area contributed by atoms with E-state index in [1.165, 1.54) is 0 Å². The Labute approximate surface area is 109 Å². The fraction of sp³-hybridized carbons (Fsp3) is 0.231. The molecule has 0 aliphatic carbocycles. The van der Waals surface area contributed by atoms with Crippen molar-refractivity contribution in [3.05, 3.63) is 41.0 Å². The lowest BCUT2D eigenvalue weighted by atomic mass is 10.0. The molecule has 0 fully saturated rings. The van der Waals surface area contributed by atoms with Gasteiger partial charge in [-0.05, 0) is 25.5 Å². The van der Waals surface area contributed by atoms with Gasteiger partial charge in [-0.1, -0.05) is 23.8 Å². The Morgan fingerprint density at radius 1 is 1.11 bits per heavy atom. The number of benzene rings is 1. The van der Waals surface area contributed by atoms with Crippen molar-refractivity contribution in [3.63, 3.8) is 0 Å². The van der Waals surface area contributed by atoms with Gasteiger partial charge < -0.3 is 5.73 Å². The third kappa shape index (κ3) is 2.67. The number of hydrogen-bond donors (Lipinski definition) is 1. The number of aryl methyl sites for hydroxylation is 2. The van der Waals surface area contributed by atoms with Crippen LogP contribution in [-0.4, -0.2) is 10.2 Å². The lowest BCUT2D eigenvalue weighted by Crippen LogP contribution is -2.12. The maximum atomic E-state index is 12.8. The standard InChI is InChI=1S/C13H12F3N3.H2/c1-7-3-4-9(8(2)5-7)11-6-10(13(14,15)16)12(17)19-18-11;/h3-6H,1-2H3,(H2,17,19);1H. The number of nitrogens with zero attached hydrogens (tertiary/aromatic N) is 2. The molecule has 102 valence electrons. The molecule has 0 aliphatic heterocycles. The number of aromatic nitrogens is 2. The maximum Gasteiger partial charge on any atom is 0.420 e. The highest BCUT2D eigenvalue weighted by molar-refractivity contribution is 5.65. The molecular weight excluding hydrogens is 255 g/mol. The third-order valence-electron chi connectivity index (χ3n) is 2.79. The van der Waals surface area contributed by atoms with Crippen LogP contribution in [-0.2, 0) is 6.18 Å². The lowest BCUT2D eigenvalue weighted by Gasteiger charge is -2.11. The summed E-state index contributed by atoms with van der Waals surface area (Å²) in [6.07, 6.45) is -4.53. The second kappa shape index (κ2) is 4.53. The molecule has 0 spiro atoms. The molecule has 0 amide bonds. The summed E-state index contributed by atoms with van der Waals surface area (Å²) < 4.78 is 38.3. The third-order valence-corrected chi connectivity index (χ3v) is 2.79. The molecule has 2 N–H and O–H groups in total. The van der Waals surface area contributed by atoms with Gasteiger partial charge in [-0.3, -0.25) is 0 Å². The monoisotopic (exact) mass is 269 g/mol. The molecule has 0 atom stereocenters. The number of nitrogen functional groups attached to an aromatic ring is 1. The Hall–Kier alpha value is -2.11. The van der Waals surface area contributed by atoms with E-state index in [0.717, 1.165) is 17.2 Å². The maximum absolute atomic E-state index is 12.8. The molecule has 2 aromatic rings. The van der Waals surface area contributed by atoms with E-state index < -0.39 is 17.6 Å². The smallest absolute Gasteiger partial charge is 0.382 e. The minimum Gasteiger partial charge on any atom is -0.382 e. The molecule has 19 heavy (non-hydrogen) atoms. The summed E-state index contributed by atoms with van der Waals surface area (Å²) >= 11 is 0. The molecule has 1 aromatic heterocycles. The second-order valence-corrected chi connectivity index (χ2v) is 4.34. The molecule has 2 rings (SSSR count). The summed E-state index contributed by atoms with van der Waals surface area (Å²) in [6, 6.07) is 6.35. The van der Waals surface area contributed by atoms with E-state index in [9.17, 15) is 13.2 Å². The van der Waals surface area contributed by atoms with Gasteiger partial charge >= 0.3 is 6.18 Å². The number of halogens is 3. The van der Waals surface area contributed by atoms with Crippen LogP contribution in [0, 0.1) is 13.8 Å². The van der Waals surface area contributed by atoms with Crippen molar-refractivity contribution in [2.24, 2.45) is 0 Å². The van der Waals surface area contributed by atoms with E-state index in [1.54, 1.807) is 6.07 Å². The second-order valence-electron chi connectivity index (χ2n) is 4.34. The van der Waals surface area contributed by atoms with Gasteiger partial charge in [0.25, 0.3) is 0 Å². The van der Waals surface area contributed by atoms with Crippen LogP contribution in [0.4, 0.5) is 19.0 Å². The van der Waals surface area contributed by atoms with Gasteiger partial charge in [0, 0.05) is 6.99 Å². The van der Waals surface area contributed by atoms with Crippen LogP contribution in [0.1, 0.15) is 18.1 Å². The predicted octanol–water partition coefficient (Wildman–Crippen LogP) is 3.61. The number of anilines is 1. The highest BCUT2D eigenvalue weighted by Gasteiger charge is 2.34. The molecule has 3 nitrogen and oxygen atoms in total. The van der Waals surface area contributed by atoms with Crippen LogP contribution in [0.5, 0.6) is 0 Å². The van der Waals surface area contributed by atoms with Gasteiger partial charge in [-0.15, -0.1) is 10.2 Å². The highest BCUT2D eigenvalue weighted by atomic mass is 19.4. The van der Waals surface area contributed by atoms with E-state index in [-0.39, 0.29) is 7.12 Å². The van der Waals surface area contributed by atoms with Crippen LogP contribution in [0.15, 0.2) is 24.3 Å². The molecule has 1 aromatic carbocycles. The molecular formula is C13H14F3N3. The molecule has 0 radical (unpaired) electrons. The predicted molar refractivity (Wildman–Crippen MR) is 68.5 cm³/mol. The highest BCUT2D eigenvalue weighted by Crippen LogP contribution is 2.34. The van der Waals surface area contributed by atoms with Gasteiger partial charge in [0.1, 0.15) is 5.56 Å². The SMILES string of the molecule is Cc1ccc(-c2cc(C(F)(F)F)c(N)nn2)c(C)c1.[HH]. The van der Waals surface area contributed by atoms with Gasteiger partial charge in [0.05, 0.1) is 5.69 Å². The van der Waals surface area contributed by atoms with Crippen molar-refractivity contribution < 1.29 is 14.6 Å². The van der Waals surface area contributed by atoms with Crippen LogP contribution < -0.4 is 5.73 Å². The summed E-state index contributed by atoms with van der Waals surface area (Å²) in [5.74, 6) is -0.610. The number of alkyl halides is 3. The summed E-state index contributed by atoms with van der Waals surface area (Å²) in [7, 11) is 0. The normalized spacial score (nSPS) is 11.6. The van der Waals surface area contributed by atoms with Crippen LogP contribution in [0.25, 0.3) is 11.3 Å². The topological polar surface area (TPSA) is 51.8 Å². The lowest BCUT2D eigenvalue weighted by molar-refractivity contribution is -0.137. The zero-order valence-corrected chi connectivity index (χ0v) is 10.4. The summed E-state index contributed by atoms with van der Waals surface area (Å²) in [4.78, 5) is 0. The van der Waals surface area contributed by atoms with Crippen molar-refractivity contribution in [1.29, 1.82) is 0 Å². The van der Waals surface area contributed by atoms with E-state index in [2.05, 4.69) is 10.2 Å². The average molecular weight is 269 g/mol. The summed E-state index contributed by atoms with van der Waals surface area (Å²) in [6.45, 7) is 3.72. The molecule has 0 bridgehead atoms. The first-order chi connectivity index (χ1) is 8.79. The minimum absolute atomic E-state index is 0. The van der Waals surface area contributed by atoms with Crippen LogP contribution >= 0.6 is 0 Å². The molecule has 0 unspecified atom stereocenters. The zero-order valence-electron chi connectivity index (χ0n) is 10.4. The van der Waals surface area contributed by atoms with E-state index in [1.807, 2.05) is 26.0 Å². The molecule has 0 aliphatic rings. The van der Waals surface area contributed by atoms with Crippen molar-refractivity contribution in [1.82, 2.24) is 10.2 Å². The number of hydrogen-bond acceptors (Lipinski definition) is 3. The van der Waals surface area contributed by atoms with E-state index in [4.69, 9.17) is 5.73 Å². The molecule has 1 heterocycles. The largest absolute Gasteiger partial charge is 0.420 e. The quantitative estimate of drug-likeness (QED) is 0.860. The minimum atomic E-state index is -4.53. The fourth-order valence-electron chi connectivity index (χ4n) is 1.86. The van der Waals surface area contributed by atoms with Gasteiger partial charge in [-0.2, -0.15) is 13.2 Å². The molecule has 0 saturated carbocycles. The van der Waals surface area contributed by atoms with Crippen molar-refractivity contribution in [2.45, 2.75) is 20.0 Å².